The molecule has 0 fully saturated rings. The average molecular weight is 287 g/mol. The summed E-state index contributed by atoms with van der Waals surface area (Å²) in [5.74, 6) is -2.42. The Hall–Kier alpha value is -2.94. The van der Waals surface area contributed by atoms with Gasteiger partial charge in [0.25, 0.3) is 0 Å². The number of carbonyl (C=O) groups excluding carboxylic acids is 1. The highest BCUT2D eigenvalue weighted by molar-refractivity contribution is 5.93. The number of nitrogens with zero attached hydrogens (tertiary/aromatic N) is 1. The molecule has 106 valence electrons. The minimum atomic E-state index is -1.01. The lowest BCUT2D eigenvalue weighted by Crippen LogP contribution is -2.15. The summed E-state index contributed by atoms with van der Waals surface area (Å²) in [6, 6.07) is 9.66. The fourth-order valence-corrected chi connectivity index (χ4v) is 1.79. The number of benzene rings is 2. The number of halogens is 2. The minimum absolute atomic E-state index is 0.132. The topological polar surface area (TPSA) is 78.9 Å². The lowest BCUT2D eigenvalue weighted by molar-refractivity contribution is -0.115. The second-order valence-electron chi connectivity index (χ2n) is 4.39. The van der Waals surface area contributed by atoms with Gasteiger partial charge in [0.05, 0.1) is 17.7 Å². The van der Waals surface area contributed by atoms with Gasteiger partial charge in [0.2, 0.25) is 5.91 Å². The Morgan fingerprint density at radius 2 is 1.95 bits per heavy atom. The molecule has 4 nitrogen and oxygen atoms in total. The Balaban J connectivity index is 2.12. The van der Waals surface area contributed by atoms with Crippen LogP contribution >= 0.6 is 0 Å². The van der Waals surface area contributed by atoms with E-state index in [9.17, 15) is 13.6 Å². The highest BCUT2D eigenvalue weighted by atomic mass is 19.2. The van der Waals surface area contributed by atoms with Crippen molar-refractivity contribution in [2.75, 3.05) is 11.1 Å². The zero-order valence-corrected chi connectivity index (χ0v) is 10.9. The molecule has 0 saturated heterocycles. The summed E-state index contributed by atoms with van der Waals surface area (Å²) in [6.07, 6.45) is -0.132. The Morgan fingerprint density at radius 1 is 1.19 bits per heavy atom. The lowest BCUT2D eigenvalue weighted by Gasteiger charge is -2.08. The van der Waals surface area contributed by atoms with Gasteiger partial charge in [-0.25, -0.2) is 8.78 Å². The van der Waals surface area contributed by atoms with Gasteiger partial charge in [-0.15, -0.1) is 0 Å². The van der Waals surface area contributed by atoms with E-state index < -0.39 is 17.5 Å². The zero-order chi connectivity index (χ0) is 15.4. The molecule has 0 bridgehead atoms. The van der Waals surface area contributed by atoms with E-state index in [0.717, 1.165) is 12.1 Å². The van der Waals surface area contributed by atoms with Crippen LogP contribution in [0.15, 0.2) is 36.4 Å². The van der Waals surface area contributed by atoms with Gasteiger partial charge in [-0.05, 0) is 35.9 Å². The maximum Gasteiger partial charge on any atom is 0.228 e. The zero-order valence-electron chi connectivity index (χ0n) is 10.9. The molecule has 0 unspecified atom stereocenters. The van der Waals surface area contributed by atoms with Crippen LogP contribution < -0.4 is 11.1 Å². The van der Waals surface area contributed by atoms with Gasteiger partial charge in [0, 0.05) is 5.69 Å². The quantitative estimate of drug-likeness (QED) is 0.852. The third-order valence-corrected chi connectivity index (χ3v) is 2.79. The number of nitrogens with two attached hydrogens (primary N) is 1. The smallest absolute Gasteiger partial charge is 0.228 e. The van der Waals surface area contributed by atoms with Crippen molar-refractivity contribution < 1.29 is 13.6 Å². The van der Waals surface area contributed by atoms with E-state index in [4.69, 9.17) is 11.0 Å². The molecular weight excluding hydrogens is 276 g/mol. The van der Waals surface area contributed by atoms with Crippen molar-refractivity contribution in [3.05, 3.63) is 59.2 Å². The first kappa shape index (κ1) is 14.5. The van der Waals surface area contributed by atoms with E-state index in [0.29, 0.717) is 16.9 Å². The second-order valence-corrected chi connectivity index (χ2v) is 4.39. The lowest BCUT2D eigenvalue weighted by atomic mass is 10.1. The van der Waals surface area contributed by atoms with Crippen molar-refractivity contribution in [3.63, 3.8) is 0 Å². The molecule has 0 heterocycles. The van der Waals surface area contributed by atoms with Crippen molar-refractivity contribution in [2.24, 2.45) is 0 Å². The number of hydrogen-bond donors (Lipinski definition) is 2. The van der Waals surface area contributed by atoms with Gasteiger partial charge in [0.1, 0.15) is 6.07 Å². The van der Waals surface area contributed by atoms with Crippen molar-refractivity contribution in [1.82, 2.24) is 0 Å². The van der Waals surface area contributed by atoms with Crippen LogP contribution in [0.3, 0.4) is 0 Å². The molecular formula is C15H11F2N3O. The van der Waals surface area contributed by atoms with Gasteiger partial charge in [-0.1, -0.05) is 6.07 Å². The maximum atomic E-state index is 13.1. The molecule has 0 aromatic heterocycles. The van der Waals surface area contributed by atoms with E-state index in [2.05, 4.69) is 5.32 Å². The first-order valence-corrected chi connectivity index (χ1v) is 6.03. The van der Waals surface area contributed by atoms with Gasteiger partial charge < -0.3 is 11.1 Å². The number of nitriles is 1. The molecule has 2 rings (SSSR count). The molecule has 3 N–H and O–H groups in total. The molecule has 0 atom stereocenters. The molecule has 2 aromatic rings. The monoisotopic (exact) mass is 287 g/mol. The van der Waals surface area contributed by atoms with Crippen molar-refractivity contribution in [1.29, 1.82) is 5.26 Å². The Kier molecular flexibility index (Phi) is 4.14. The fraction of sp³-hybridized carbons (Fsp3) is 0.0667. The van der Waals surface area contributed by atoms with Crippen LogP contribution in [0.5, 0.6) is 0 Å². The Bertz CT molecular complexity index is 738. The first-order valence-electron chi connectivity index (χ1n) is 6.03. The summed E-state index contributed by atoms with van der Waals surface area (Å²) >= 11 is 0. The number of carbonyl (C=O) groups is 1. The minimum Gasteiger partial charge on any atom is -0.399 e. The summed E-state index contributed by atoms with van der Waals surface area (Å²) < 4.78 is 25.9. The SMILES string of the molecule is N#Cc1cc(N)ccc1NC(=O)Cc1ccc(F)c(F)c1. The highest BCUT2D eigenvalue weighted by Gasteiger charge is 2.10. The van der Waals surface area contributed by atoms with Crippen molar-refractivity contribution in [2.45, 2.75) is 6.42 Å². The van der Waals surface area contributed by atoms with Crippen LogP contribution in [0.4, 0.5) is 20.2 Å². The Labute approximate surface area is 119 Å². The van der Waals surface area contributed by atoms with Crippen LogP contribution in [0.25, 0.3) is 0 Å². The molecule has 6 heteroatoms. The first-order chi connectivity index (χ1) is 9.99. The third kappa shape index (κ3) is 3.54. The van der Waals surface area contributed by atoms with E-state index in [1.807, 2.05) is 6.07 Å². The van der Waals surface area contributed by atoms with Crippen LogP contribution in [0, 0.1) is 23.0 Å². The number of hydrogen-bond acceptors (Lipinski definition) is 3. The molecule has 2 aromatic carbocycles. The summed E-state index contributed by atoms with van der Waals surface area (Å²) in [5.41, 5.74) is 6.84. The summed E-state index contributed by atoms with van der Waals surface area (Å²) in [5, 5.41) is 11.5. The molecule has 1 amide bonds. The second kappa shape index (κ2) is 6.01. The van der Waals surface area contributed by atoms with Gasteiger partial charge in [-0.3, -0.25) is 4.79 Å². The number of nitrogen functional groups attached to an aromatic ring is 1. The fourth-order valence-electron chi connectivity index (χ4n) is 1.79. The Morgan fingerprint density at radius 3 is 2.62 bits per heavy atom. The predicted molar refractivity (Wildman–Crippen MR) is 74.3 cm³/mol. The number of nitrogens with one attached hydrogen (secondary N) is 1. The van der Waals surface area contributed by atoms with E-state index in [1.165, 1.54) is 18.2 Å². The van der Waals surface area contributed by atoms with Gasteiger partial charge in [-0.2, -0.15) is 5.26 Å². The molecule has 0 aliphatic heterocycles. The number of anilines is 2. The van der Waals surface area contributed by atoms with Gasteiger partial charge >= 0.3 is 0 Å². The highest BCUT2D eigenvalue weighted by Crippen LogP contribution is 2.18. The van der Waals surface area contributed by atoms with Crippen molar-refractivity contribution >= 4 is 17.3 Å². The largest absolute Gasteiger partial charge is 0.399 e. The van der Waals surface area contributed by atoms with Crippen LogP contribution in [0.2, 0.25) is 0 Å². The molecule has 21 heavy (non-hydrogen) atoms. The normalized spacial score (nSPS) is 9.95. The van der Waals surface area contributed by atoms with Gasteiger partial charge in [0.15, 0.2) is 11.6 Å². The third-order valence-electron chi connectivity index (χ3n) is 2.79. The summed E-state index contributed by atoms with van der Waals surface area (Å²) in [7, 11) is 0. The van der Waals surface area contributed by atoms with Crippen LogP contribution in [0.1, 0.15) is 11.1 Å². The molecule has 0 saturated carbocycles. The molecule has 0 spiro atoms. The maximum absolute atomic E-state index is 13.1. The van der Waals surface area contributed by atoms with Crippen LogP contribution in [-0.4, -0.2) is 5.91 Å². The van der Waals surface area contributed by atoms with E-state index >= 15 is 0 Å². The average Bonchev–Trinajstić information content (AvgIpc) is 2.44. The van der Waals surface area contributed by atoms with E-state index in [1.54, 1.807) is 6.07 Å². The standard InChI is InChI=1S/C15H11F2N3O/c16-12-3-1-9(5-13(12)17)6-15(21)20-14-4-2-11(19)7-10(14)8-18/h1-5,7H,6,19H2,(H,20,21). The number of amides is 1. The summed E-state index contributed by atoms with van der Waals surface area (Å²) in [6.45, 7) is 0. The molecule has 0 aliphatic rings. The molecule has 0 radical (unpaired) electrons. The van der Waals surface area contributed by atoms with E-state index in [-0.39, 0.29) is 12.0 Å². The predicted octanol–water partition coefficient (Wildman–Crippen LogP) is 2.60. The van der Waals surface area contributed by atoms with Crippen molar-refractivity contribution in [3.8, 4) is 6.07 Å². The van der Waals surface area contributed by atoms with Crippen LogP contribution in [-0.2, 0) is 11.2 Å². The molecule has 0 aliphatic carbocycles. The number of rotatable bonds is 3. The summed E-state index contributed by atoms with van der Waals surface area (Å²) in [4.78, 5) is 11.9.